The summed E-state index contributed by atoms with van der Waals surface area (Å²) in [5, 5.41) is 0.937. The van der Waals surface area contributed by atoms with Crippen LogP contribution in [0, 0.1) is 0 Å². The Labute approximate surface area is 127 Å². The van der Waals surface area contributed by atoms with Gasteiger partial charge in [-0.1, -0.05) is 11.3 Å². The molecule has 5 nitrogen and oxygen atoms in total. The summed E-state index contributed by atoms with van der Waals surface area (Å²) in [4.78, 5) is 20.3. The van der Waals surface area contributed by atoms with Crippen LogP contribution in [0.3, 0.4) is 0 Å². The molecular formula is C15H17N3O2S. The molecule has 3 rings (SSSR count). The highest BCUT2D eigenvalue weighted by molar-refractivity contribution is 7.17. The van der Waals surface area contributed by atoms with Crippen molar-refractivity contribution < 1.29 is 9.53 Å². The van der Waals surface area contributed by atoms with Gasteiger partial charge < -0.3 is 14.5 Å². The van der Waals surface area contributed by atoms with Crippen LogP contribution in [0.2, 0.25) is 0 Å². The topological polar surface area (TPSA) is 45.7 Å². The molecule has 1 saturated heterocycles. The molecule has 0 aliphatic carbocycles. The van der Waals surface area contributed by atoms with Gasteiger partial charge in [-0.25, -0.2) is 4.98 Å². The summed E-state index contributed by atoms with van der Waals surface area (Å²) < 4.78 is 5.18. The van der Waals surface area contributed by atoms with Crippen LogP contribution in [-0.2, 0) is 0 Å². The third kappa shape index (κ3) is 3.00. The highest BCUT2D eigenvalue weighted by Crippen LogP contribution is 2.25. The van der Waals surface area contributed by atoms with Gasteiger partial charge in [0.25, 0.3) is 0 Å². The zero-order valence-corrected chi connectivity index (χ0v) is 12.7. The molecule has 0 atom stereocenters. The summed E-state index contributed by atoms with van der Waals surface area (Å²) in [5.74, 6) is 0.876. The van der Waals surface area contributed by atoms with E-state index in [2.05, 4.69) is 26.9 Å². The number of anilines is 2. The molecule has 1 aliphatic heterocycles. The monoisotopic (exact) mass is 303 g/mol. The van der Waals surface area contributed by atoms with Crippen molar-refractivity contribution in [3.8, 4) is 5.75 Å². The second-order valence-corrected chi connectivity index (χ2v) is 5.88. The van der Waals surface area contributed by atoms with Gasteiger partial charge in [0.05, 0.1) is 18.2 Å². The number of piperazine rings is 1. The number of carbonyl (C=O) groups is 1. The maximum atomic E-state index is 10.7. The van der Waals surface area contributed by atoms with Crippen molar-refractivity contribution in [1.82, 2.24) is 4.98 Å². The molecule has 1 aromatic heterocycles. The van der Waals surface area contributed by atoms with E-state index in [1.165, 1.54) is 17.0 Å². The van der Waals surface area contributed by atoms with E-state index in [1.54, 1.807) is 13.3 Å². The fourth-order valence-corrected chi connectivity index (χ4v) is 3.21. The van der Waals surface area contributed by atoms with E-state index >= 15 is 0 Å². The molecular weight excluding hydrogens is 286 g/mol. The first kappa shape index (κ1) is 13.9. The Hall–Kier alpha value is -2.08. The normalized spacial score (nSPS) is 15.1. The Morgan fingerprint density at radius 1 is 1.14 bits per heavy atom. The second kappa shape index (κ2) is 6.13. The van der Waals surface area contributed by atoms with Gasteiger partial charge in [-0.3, -0.25) is 4.79 Å². The lowest BCUT2D eigenvalue weighted by atomic mass is 10.2. The maximum absolute atomic E-state index is 10.7. The van der Waals surface area contributed by atoms with E-state index in [-0.39, 0.29) is 0 Å². The number of aromatic nitrogens is 1. The number of rotatable bonds is 4. The first-order chi connectivity index (χ1) is 10.3. The minimum atomic E-state index is 0.683. The molecule has 6 heteroatoms. The number of aldehydes is 1. The van der Waals surface area contributed by atoms with Crippen LogP contribution in [0.25, 0.3) is 0 Å². The number of hydrogen-bond acceptors (Lipinski definition) is 6. The number of hydrogen-bond donors (Lipinski definition) is 0. The first-order valence-electron chi connectivity index (χ1n) is 6.85. The van der Waals surface area contributed by atoms with Crippen molar-refractivity contribution in [2.75, 3.05) is 43.1 Å². The van der Waals surface area contributed by atoms with Gasteiger partial charge in [0, 0.05) is 31.9 Å². The lowest BCUT2D eigenvalue weighted by Gasteiger charge is -2.36. The Kier molecular flexibility index (Phi) is 4.06. The summed E-state index contributed by atoms with van der Waals surface area (Å²) >= 11 is 1.45. The van der Waals surface area contributed by atoms with E-state index in [1.807, 2.05) is 12.1 Å². The fraction of sp³-hybridized carbons (Fsp3) is 0.333. The molecule has 0 radical (unpaired) electrons. The maximum Gasteiger partial charge on any atom is 0.186 e. The molecule has 21 heavy (non-hydrogen) atoms. The molecule has 0 bridgehead atoms. The second-order valence-electron chi connectivity index (χ2n) is 4.84. The molecule has 1 aliphatic rings. The SMILES string of the molecule is COc1ccc(N2CCN(c3ncc(C=O)s3)CC2)cc1. The number of ether oxygens (including phenoxy) is 1. The summed E-state index contributed by atoms with van der Waals surface area (Å²) in [7, 11) is 1.68. The Morgan fingerprint density at radius 3 is 2.38 bits per heavy atom. The summed E-state index contributed by atoms with van der Waals surface area (Å²) in [5.41, 5.74) is 1.21. The smallest absolute Gasteiger partial charge is 0.186 e. The number of benzene rings is 1. The molecule has 0 spiro atoms. The number of carbonyl (C=O) groups excluding carboxylic acids is 1. The van der Waals surface area contributed by atoms with Gasteiger partial charge in [0.2, 0.25) is 0 Å². The van der Waals surface area contributed by atoms with Gasteiger partial charge in [-0.05, 0) is 24.3 Å². The lowest BCUT2D eigenvalue weighted by Crippen LogP contribution is -2.46. The molecule has 1 aromatic carbocycles. The number of nitrogens with zero attached hydrogens (tertiary/aromatic N) is 3. The highest BCUT2D eigenvalue weighted by Gasteiger charge is 2.19. The highest BCUT2D eigenvalue weighted by atomic mass is 32.1. The first-order valence-corrected chi connectivity index (χ1v) is 7.67. The van der Waals surface area contributed by atoms with Crippen molar-refractivity contribution in [3.63, 3.8) is 0 Å². The average molecular weight is 303 g/mol. The van der Waals surface area contributed by atoms with Crippen molar-refractivity contribution in [2.45, 2.75) is 0 Å². The number of methoxy groups -OCH3 is 1. The quantitative estimate of drug-likeness (QED) is 0.811. The Bertz CT molecular complexity index is 604. The van der Waals surface area contributed by atoms with E-state index < -0.39 is 0 Å². The fourth-order valence-electron chi connectivity index (χ4n) is 2.43. The molecule has 0 unspecified atom stereocenters. The lowest BCUT2D eigenvalue weighted by molar-refractivity contribution is 0.112. The molecule has 110 valence electrons. The van der Waals surface area contributed by atoms with Crippen molar-refractivity contribution in [1.29, 1.82) is 0 Å². The third-order valence-electron chi connectivity index (χ3n) is 3.62. The van der Waals surface area contributed by atoms with E-state index in [0.717, 1.165) is 43.3 Å². The van der Waals surface area contributed by atoms with Crippen LogP contribution in [0.4, 0.5) is 10.8 Å². The van der Waals surface area contributed by atoms with E-state index in [9.17, 15) is 4.79 Å². The standard InChI is InChI=1S/C15H17N3O2S/c1-20-13-4-2-12(3-5-13)17-6-8-18(9-7-17)15-16-10-14(11-19)21-15/h2-5,10-11H,6-9H2,1H3. The summed E-state index contributed by atoms with van der Waals surface area (Å²) in [6.07, 6.45) is 2.50. The van der Waals surface area contributed by atoms with Crippen LogP contribution in [0.1, 0.15) is 9.67 Å². The molecule has 2 aromatic rings. The van der Waals surface area contributed by atoms with Crippen LogP contribution < -0.4 is 14.5 Å². The van der Waals surface area contributed by atoms with Crippen LogP contribution in [0.15, 0.2) is 30.5 Å². The molecule has 1 fully saturated rings. The van der Waals surface area contributed by atoms with Gasteiger partial charge in [0.15, 0.2) is 11.4 Å². The molecule has 0 saturated carbocycles. The van der Waals surface area contributed by atoms with Crippen LogP contribution in [-0.4, -0.2) is 44.6 Å². The predicted octanol–water partition coefficient (Wildman–Crippen LogP) is 2.29. The largest absolute Gasteiger partial charge is 0.497 e. The van der Waals surface area contributed by atoms with Crippen LogP contribution >= 0.6 is 11.3 Å². The molecule has 2 heterocycles. The third-order valence-corrected chi connectivity index (χ3v) is 4.60. The van der Waals surface area contributed by atoms with Gasteiger partial charge in [-0.15, -0.1) is 0 Å². The van der Waals surface area contributed by atoms with E-state index in [0.29, 0.717) is 4.88 Å². The van der Waals surface area contributed by atoms with E-state index in [4.69, 9.17) is 4.74 Å². The Morgan fingerprint density at radius 2 is 1.81 bits per heavy atom. The zero-order valence-electron chi connectivity index (χ0n) is 11.9. The molecule has 0 amide bonds. The van der Waals surface area contributed by atoms with Crippen LogP contribution in [0.5, 0.6) is 5.75 Å². The molecule has 0 N–H and O–H groups in total. The van der Waals surface area contributed by atoms with Crippen molar-refractivity contribution >= 4 is 28.4 Å². The Balaban J connectivity index is 1.62. The summed E-state index contributed by atoms with van der Waals surface area (Å²) in [6, 6.07) is 8.14. The number of thiazole rings is 1. The minimum Gasteiger partial charge on any atom is -0.497 e. The van der Waals surface area contributed by atoms with Gasteiger partial charge >= 0.3 is 0 Å². The predicted molar refractivity (Wildman–Crippen MR) is 84.9 cm³/mol. The average Bonchev–Trinajstić information content (AvgIpc) is 3.04. The summed E-state index contributed by atoms with van der Waals surface area (Å²) in [6.45, 7) is 3.72. The van der Waals surface area contributed by atoms with Gasteiger partial charge in [-0.2, -0.15) is 0 Å². The minimum absolute atomic E-state index is 0.683. The van der Waals surface area contributed by atoms with Crippen molar-refractivity contribution in [3.05, 3.63) is 35.3 Å². The zero-order chi connectivity index (χ0) is 14.7. The van der Waals surface area contributed by atoms with Gasteiger partial charge in [0.1, 0.15) is 5.75 Å². The van der Waals surface area contributed by atoms with Crippen molar-refractivity contribution in [2.24, 2.45) is 0 Å².